The molecule has 0 radical (unpaired) electrons. The zero-order chi connectivity index (χ0) is 15.0. The van der Waals surface area contributed by atoms with Crippen LogP contribution in [0.15, 0.2) is 36.5 Å². The van der Waals surface area contributed by atoms with E-state index in [1.54, 1.807) is 12.3 Å². The number of benzene rings is 1. The van der Waals surface area contributed by atoms with E-state index in [2.05, 4.69) is 10.1 Å². The number of halogens is 2. The SMILES string of the molecule is Cn1nc(CC(N)c2ncc(Cl)cc2Cl)c2ccccc21. The molecule has 0 saturated carbocycles. The van der Waals surface area contributed by atoms with Gasteiger partial charge in [0.1, 0.15) is 0 Å². The van der Waals surface area contributed by atoms with Crippen LogP contribution in [0.1, 0.15) is 17.4 Å². The standard InChI is InChI=1S/C15H14Cl2N4/c1-21-14-5-3-2-4-10(14)13(20-21)7-12(18)15-11(17)6-9(16)8-19-15/h2-6,8,12H,7,18H2,1H3. The third-order valence-corrected chi connectivity index (χ3v) is 3.94. The third-order valence-electron chi connectivity index (χ3n) is 3.44. The Hall–Kier alpha value is -1.62. The van der Waals surface area contributed by atoms with Gasteiger partial charge in [-0.05, 0) is 12.1 Å². The Morgan fingerprint density at radius 1 is 1.29 bits per heavy atom. The topological polar surface area (TPSA) is 56.7 Å². The fourth-order valence-corrected chi connectivity index (χ4v) is 2.96. The molecule has 2 aromatic heterocycles. The molecule has 3 aromatic rings. The van der Waals surface area contributed by atoms with E-state index in [0.29, 0.717) is 22.2 Å². The van der Waals surface area contributed by atoms with Gasteiger partial charge < -0.3 is 5.73 Å². The minimum Gasteiger partial charge on any atom is -0.322 e. The average Bonchev–Trinajstić information content (AvgIpc) is 2.76. The summed E-state index contributed by atoms with van der Waals surface area (Å²) in [6.07, 6.45) is 2.12. The summed E-state index contributed by atoms with van der Waals surface area (Å²) >= 11 is 12.0. The molecular weight excluding hydrogens is 307 g/mol. The molecule has 0 spiro atoms. The number of hydrogen-bond donors (Lipinski definition) is 1. The number of para-hydroxylation sites is 1. The first-order chi connectivity index (χ1) is 10.1. The van der Waals surface area contributed by atoms with E-state index in [1.807, 2.05) is 36.0 Å². The number of rotatable bonds is 3. The van der Waals surface area contributed by atoms with Crippen LogP contribution in [-0.4, -0.2) is 14.8 Å². The molecule has 0 amide bonds. The zero-order valence-electron chi connectivity index (χ0n) is 11.4. The van der Waals surface area contributed by atoms with Crippen molar-refractivity contribution in [2.75, 3.05) is 0 Å². The minimum absolute atomic E-state index is 0.326. The number of fused-ring (bicyclic) bond motifs is 1. The molecular formula is C15H14Cl2N4. The van der Waals surface area contributed by atoms with Crippen molar-refractivity contribution in [1.29, 1.82) is 0 Å². The van der Waals surface area contributed by atoms with Gasteiger partial charge in [-0.15, -0.1) is 0 Å². The Bertz CT molecular complexity index is 797. The van der Waals surface area contributed by atoms with Gasteiger partial charge in [0.15, 0.2) is 0 Å². The summed E-state index contributed by atoms with van der Waals surface area (Å²) in [6.45, 7) is 0. The van der Waals surface area contributed by atoms with Gasteiger partial charge in [0.25, 0.3) is 0 Å². The molecule has 1 unspecified atom stereocenters. The second-order valence-corrected chi connectivity index (χ2v) is 5.76. The Morgan fingerprint density at radius 2 is 2.05 bits per heavy atom. The average molecular weight is 321 g/mol. The summed E-state index contributed by atoms with van der Waals surface area (Å²) in [4.78, 5) is 4.24. The van der Waals surface area contributed by atoms with Gasteiger partial charge in [-0.2, -0.15) is 5.10 Å². The van der Waals surface area contributed by atoms with Gasteiger partial charge in [-0.1, -0.05) is 41.4 Å². The van der Waals surface area contributed by atoms with Gasteiger partial charge in [0.05, 0.1) is 33.0 Å². The Labute approximate surface area is 132 Å². The number of aryl methyl sites for hydroxylation is 1. The first kappa shape index (κ1) is 14.3. The van der Waals surface area contributed by atoms with Crippen molar-refractivity contribution < 1.29 is 0 Å². The lowest BCUT2D eigenvalue weighted by Crippen LogP contribution is -2.16. The maximum Gasteiger partial charge on any atom is 0.0761 e. The molecule has 2 heterocycles. The van der Waals surface area contributed by atoms with E-state index >= 15 is 0 Å². The molecule has 1 aromatic carbocycles. The second-order valence-electron chi connectivity index (χ2n) is 4.92. The van der Waals surface area contributed by atoms with Crippen LogP contribution in [0.3, 0.4) is 0 Å². The van der Waals surface area contributed by atoms with Crippen molar-refractivity contribution in [3.63, 3.8) is 0 Å². The Morgan fingerprint density at radius 3 is 2.81 bits per heavy atom. The maximum atomic E-state index is 6.24. The lowest BCUT2D eigenvalue weighted by molar-refractivity contribution is 0.666. The van der Waals surface area contributed by atoms with Crippen LogP contribution >= 0.6 is 23.2 Å². The summed E-state index contributed by atoms with van der Waals surface area (Å²) in [7, 11) is 1.92. The molecule has 0 aliphatic heterocycles. The second kappa shape index (κ2) is 5.64. The lowest BCUT2D eigenvalue weighted by Gasteiger charge is -2.11. The first-order valence-corrected chi connectivity index (χ1v) is 7.29. The van der Waals surface area contributed by atoms with Crippen molar-refractivity contribution in [3.05, 3.63) is 58.0 Å². The molecule has 21 heavy (non-hydrogen) atoms. The number of nitrogens with zero attached hydrogens (tertiary/aromatic N) is 3. The smallest absolute Gasteiger partial charge is 0.0761 e. The van der Waals surface area contributed by atoms with Crippen molar-refractivity contribution >= 4 is 34.1 Å². The van der Waals surface area contributed by atoms with Gasteiger partial charge in [-0.25, -0.2) is 0 Å². The third kappa shape index (κ3) is 2.75. The van der Waals surface area contributed by atoms with Crippen molar-refractivity contribution in [1.82, 2.24) is 14.8 Å². The van der Waals surface area contributed by atoms with Crippen LogP contribution in [0, 0.1) is 0 Å². The largest absolute Gasteiger partial charge is 0.322 e. The predicted molar refractivity (Wildman–Crippen MR) is 85.6 cm³/mol. The van der Waals surface area contributed by atoms with Crippen LogP contribution in [-0.2, 0) is 13.5 Å². The highest BCUT2D eigenvalue weighted by Gasteiger charge is 2.17. The van der Waals surface area contributed by atoms with Crippen molar-refractivity contribution in [3.8, 4) is 0 Å². The summed E-state index contributed by atoms with van der Waals surface area (Å²) in [5.74, 6) is 0. The van der Waals surface area contributed by atoms with Gasteiger partial charge in [0, 0.05) is 25.1 Å². The van der Waals surface area contributed by atoms with Crippen LogP contribution in [0.25, 0.3) is 10.9 Å². The van der Waals surface area contributed by atoms with E-state index in [1.165, 1.54) is 0 Å². The van der Waals surface area contributed by atoms with E-state index in [4.69, 9.17) is 28.9 Å². The maximum absolute atomic E-state index is 6.24. The molecule has 4 nitrogen and oxygen atoms in total. The summed E-state index contributed by atoms with van der Waals surface area (Å²) in [6, 6.07) is 9.39. The molecule has 6 heteroatoms. The summed E-state index contributed by atoms with van der Waals surface area (Å²) in [5.41, 5.74) is 8.89. The van der Waals surface area contributed by atoms with Crippen LogP contribution in [0.5, 0.6) is 0 Å². The van der Waals surface area contributed by atoms with Gasteiger partial charge in [-0.3, -0.25) is 9.67 Å². The highest BCUT2D eigenvalue weighted by Crippen LogP contribution is 2.26. The summed E-state index contributed by atoms with van der Waals surface area (Å²) < 4.78 is 1.86. The highest BCUT2D eigenvalue weighted by atomic mass is 35.5. The molecule has 1 atom stereocenters. The molecule has 0 saturated heterocycles. The van der Waals surface area contributed by atoms with Gasteiger partial charge in [0.2, 0.25) is 0 Å². The Balaban J connectivity index is 1.94. The fraction of sp³-hybridized carbons (Fsp3) is 0.200. The monoisotopic (exact) mass is 320 g/mol. The highest BCUT2D eigenvalue weighted by molar-refractivity contribution is 6.34. The number of pyridine rings is 1. The van der Waals surface area contributed by atoms with Crippen LogP contribution in [0.4, 0.5) is 0 Å². The molecule has 0 aliphatic carbocycles. The van der Waals surface area contributed by atoms with E-state index < -0.39 is 0 Å². The van der Waals surface area contributed by atoms with Crippen LogP contribution in [0.2, 0.25) is 10.0 Å². The quantitative estimate of drug-likeness (QED) is 0.803. The zero-order valence-corrected chi connectivity index (χ0v) is 12.9. The number of aromatic nitrogens is 3. The lowest BCUT2D eigenvalue weighted by atomic mass is 10.1. The van der Waals surface area contributed by atoms with Crippen LogP contribution < -0.4 is 5.73 Å². The molecule has 0 aliphatic rings. The molecule has 108 valence electrons. The van der Waals surface area contributed by atoms with E-state index in [0.717, 1.165) is 16.6 Å². The Kier molecular flexibility index (Phi) is 3.85. The normalized spacial score (nSPS) is 12.8. The fourth-order valence-electron chi connectivity index (χ4n) is 2.44. The molecule has 0 fully saturated rings. The van der Waals surface area contributed by atoms with Crippen molar-refractivity contribution in [2.24, 2.45) is 12.8 Å². The number of nitrogens with two attached hydrogens (primary N) is 1. The molecule has 0 bridgehead atoms. The summed E-state index contributed by atoms with van der Waals surface area (Å²) in [5, 5.41) is 6.62. The first-order valence-electron chi connectivity index (χ1n) is 6.53. The minimum atomic E-state index is -0.326. The van der Waals surface area contributed by atoms with Gasteiger partial charge >= 0.3 is 0 Å². The molecule has 2 N–H and O–H groups in total. The number of hydrogen-bond acceptors (Lipinski definition) is 3. The van der Waals surface area contributed by atoms with E-state index in [9.17, 15) is 0 Å². The predicted octanol–water partition coefficient (Wildman–Crippen LogP) is 3.52. The van der Waals surface area contributed by atoms with Crippen molar-refractivity contribution in [2.45, 2.75) is 12.5 Å². The van der Waals surface area contributed by atoms with E-state index in [-0.39, 0.29) is 6.04 Å². The molecule has 3 rings (SSSR count).